The zero-order chi connectivity index (χ0) is 14.6. The van der Waals surface area contributed by atoms with E-state index < -0.39 is 8.07 Å². The van der Waals surface area contributed by atoms with Gasteiger partial charge in [-0.25, -0.2) is 0 Å². The summed E-state index contributed by atoms with van der Waals surface area (Å²) in [5.41, 5.74) is 4.61. The van der Waals surface area contributed by atoms with Crippen molar-refractivity contribution in [2.75, 3.05) is 26.3 Å². The van der Waals surface area contributed by atoms with Gasteiger partial charge in [0.15, 0.2) is 0 Å². The smallest absolute Gasteiger partial charge is 0.226 e. The van der Waals surface area contributed by atoms with Crippen LogP contribution in [-0.4, -0.2) is 45.2 Å². The van der Waals surface area contributed by atoms with E-state index in [4.69, 9.17) is 4.74 Å². The Hall–Kier alpha value is -1.05. The maximum atomic E-state index is 12.4. The fourth-order valence-corrected chi connectivity index (χ4v) is 2.99. The lowest BCUT2D eigenvalue weighted by Gasteiger charge is -2.30. The first-order valence-corrected chi connectivity index (χ1v) is 11.0. The number of hydrogen-bond acceptors (Lipinski definition) is 2. The predicted molar refractivity (Wildman–Crippen MR) is 83.9 cm³/mol. The third-order valence-corrected chi connectivity index (χ3v) is 4.56. The first-order valence-electron chi connectivity index (χ1n) is 7.54. The van der Waals surface area contributed by atoms with E-state index in [1.165, 1.54) is 5.57 Å². The molecule has 0 spiro atoms. The second-order valence-corrected chi connectivity index (χ2v) is 11.4. The van der Waals surface area contributed by atoms with E-state index in [0.717, 1.165) is 45.6 Å². The fraction of sp³-hybridized carbons (Fsp3) is 0.688. The van der Waals surface area contributed by atoms with Gasteiger partial charge in [0.25, 0.3) is 0 Å². The maximum absolute atomic E-state index is 12.4. The zero-order valence-corrected chi connectivity index (χ0v) is 13.9. The summed E-state index contributed by atoms with van der Waals surface area (Å²) in [6.45, 7) is 9.77. The van der Waals surface area contributed by atoms with Crippen molar-refractivity contribution in [2.45, 2.75) is 38.9 Å². The summed E-state index contributed by atoms with van der Waals surface area (Å²) < 4.78 is 5.32. The van der Waals surface area contributed by atoms with E-state index in [2.05, 4.69) is 37.2 Å². The largest absolute Gasteiger partial charge is 0.381 e. The molecule has 1 saturated heterocycles. The van der Waals surface area contributed by atoms with Crippen LogP contribution in [0.15, 0.2) is 11.6 Å². The number of amides is 1. The number of nitrogens with zero attached hydrogens (tertiary/aromatic N) is 1. The third-order valence-electron chi connectivity index (χ3n) is 3.69. The van der Waals surface area contributed by atoms with E-state index >= 15 is 0 Å². The summed E-state index contributed by atoms with van der Waals surface area (Å²) >= 11 is 0. The molecule has 2 heterocycles. The quantitative estimate of drug-likeness (QED) is 0.548. The van der Waals surface area contributed by atoms with Crippen molar-refractivity contribution in [3.8, 4) is 11.5 Å². The van der Waals surface area contributed by atoms with Crippen molar-refractivity contribution in [1.29, 1.82) is 0 Å². The Kier molecular flexibility index (Phi) is 5.06. The van der Waals surface area contributed by atoms with Crippen molar-refractivity contribution >= 4 is 14.0 Å². The Morgan fingerprint density at radius 3 is 2.60 bits per heavy atom. The second-order valence-electron chi connectivity index (χ2n) is 6.65. The molecule has 2 aliphatic rings. The van der Waals surface area contributed by atoms with Crippen molar-refractivity contribution in [3.63, 3.8) is 0 Å². The number of ether oxygens (including phenoxy) is 1. The van der Waals surface area contributed by atoms with Crippen LogP contribution in [0.5, 0.6) is 0 Å². The molecule has 0 N–H and O–H groups in total. The molecule has 0 saturated carbocycles. The lowest BCUT2D eigenvalue weighted by atomic mass is 9.97. The Morgan fingerprint density at radius 2 is 2.05 bits per heavy atom. The van der Waals surface area contributed by atoms with E-state index in [0.29, 0.717) is 5.91 Å². The van der Waals surface area contributed by atoms with Gasteiger partial charge in [0.05, 0.1) is 0 Å². The molecule has 0 unspecified atom stereocenters. The normalized spacial score (nSPS) is 20.9. The van der Waals surface area contributed by atoms with Gasteiger partial charge in [-0.05, 0) is 19.3 Å². The highest BCUT2D eigenvalue weighted by Gasteiger charge is 2.27. The standard InChI is InChI=1S/C16H25NO2Si/c1-20(2,3)13-8-14-4-9-17(10-5-14)16(18)15-6-11-19-12-7-15/h4,15H,5-7,9-12H2,1-3H3. The predicted octanol–water partition coefficient (Wildman–Crippen LogP) is 2.45. The van der Waals surface area contributed by atoms with Gasteiger partial charge in [0, 0.05) is 37.8 Å². The molecule has 0 aromatic carbocycles. The molecule has 3 nitrogen and oxygen atoms in total. The molecule has 110 valence electrons. The highest BCUT2D eigenvalue weighted by molar-refractivity contribution is 6.83. The number of rotatable bonds is 1. The zero-order valence-electron chi connectivity index (χ0n) is 12.9. The van der Waals surface area contributed by atoms with Crippen molar-refractivity contribution in [3.05, 3.63) is 11.6 Å². The minimum atomic E-state index is -1.30. The minimum absolute atomic E-state index is 0.173. The summed E-state index contributed by atoms with van der Waals surface area (Å²) in [4.78, 5) is 14.4. The monoisotopic (exact) mass is 291 g/mol. The second kappa shape index (κ2) is 6.60. The Bertz CT molecular complexity index is 447. The van der Waals surface area contributed by atoms with Gasteiger partial charge in [0.1, 0.15) is 8.07 Å². The Morgan fingerprint density at radius 1 is 1.35 bits per heavy atom. The van der Waals surface area contributed by atoms with Crippen LogP contribution >= 0.6 is 0 Å². The van der Waals surface area contributed by atoms with Crippen LogP contribution in [0.4, 0.5) is 0 Å². The molecular weight excluding hydrogens is 266 g/mol. The van der Waals surface area contributed by atoms with Crippen LogP contribution in [0.3, 0.4) is 0 Å². The summed E-state index contributed by atoms with van der Waals surface area (Å²) in [5, 5.41) is 0. The molecule has 0 aromatic rings. The Balaban J connectivity index is 1.90. The molecule has 4 heteroatoms. The molecule has 0 atom stereocenters. The molecule has 0 aliphatic carbocycles. The van der Waals surface area contributed by atoms with Crippen LogP contribution in [-0.2, 0) is 9.53 Å². The summed E-state index contributed by atoms with van der Waals surface area (Å²) in [6.07, 6.45) is 4.79. The highest BCUT2D eigenvalue weighted by atomic mass is 28.3. The van der Waals surface area contributed by atoms with Gasteiger partial charge in [-0.1, -0.05) is 31.6 Å². The van der Waals surface area contributed by atoms with Gasteiger partial charge in [-0.2, -0.15) is 0 Å². The molecule has 0 aromatic heterocycles. The molecule has 1 amide bonds. The molecule has 20 heavy (non-hydrogen) atoms. The number of carbonyl (C=O) groups is 1. The summed E-state index contributed by atoms with van der Waals surface area (Å²) in [5.74, 6) is 3.80. The minimum Gasteiger partial charge on any atom is -0.381 e. The van der Waals surface area contributed by atoms with E-state index in [9.17, 15) is 4.79 Å². The van der Waals surface area contributed by atoms with Crippen LogP contribution in [0.25, 0.3) is 0 Å². The topological polar surface area (TPSA) is 29.5 Å². The van der Waals surface area contributed by atoms with Crippen molar-refractivity contribution in [2.24, 2.45) is 5.92 Å². The van der Waals surface area contributed by atoms with Crippen LogP contribution in [0.2, 0.25) is 19.6 Å². The Labute approximate surface area is 123 Å². The van der Waals surface area contributed by atoms with E-state index in [-0.39, 0.29) is 5.92 Å². The third kappa shape index (κ3) is 4.50. The first kappa shape index (κ1) is 15.3. The SMILES string of the molecule is C[Si](C)(C)C#CC1=CCN(C(=O)C2CCOCC2)CC1. The molecule has 2 rings (SSSR count). The molecule has 0 radical (unpaired) electrons. The number of carbonyl (C=O) groups excluding carboxylic acids is 1. The molecule has 2 aliphatic heterocycles. The first-order chi connectivity index (χ1) is 9.46. The molecule has 0 bridgehead atoms. The average molecular weight is 291 g/mol. The number of hydrogen-bond donors (Lipinski definition) is 0. The fourth-order valence-electron chi connectivity index (χ4n) is 2.45. The maximum Gasteiger partial charge on any atom is 0.226 e. The lowest BCUT2D eigenvalue weighted by Crippen LogP contribution is -2.40. The highest BCUT2D eigenvalue weighted by Crippen LogP contribution is 2.20. The van der Waals surface area contributed by atoms with Crippen LogP contribution < -0.4 is 0 Å². The van der Waals surface area contributed by atoms with Gasteiger partial charge < -0.3 is 9.64 Å². The van der Waals surface area contributed by atoms with Crippen LogP contribution in [0.1, 0.15) is 19.3 Å². The van der Waals surface area contributed by atoms with E-state index in [1.54, 1.807) is 0 Å². The summed E-state index contributed by atoms with van der Waals surface area (Å²) in [7, 11) is -1.30. The van der Waals surface area contributed by atoms with Crippen molar-refractivity contribution < 1.29 is 9.53 Å². The summed E-state index contributed by atoms with van der Waals surface area (Å²) in [6, 6.07) is 0. The van der Waals surface area contributed by atoms with E-state index in [1.807, 2.05) is 4.90 Å². The van der Waals surface area contributed by atoms with Crippen molar-refractivity contribution in [1.82, 2.24) is 4.90 Å². The van der Waals surface area contributed by atoms with Gasteiger partial charge in [-0.15, -0.1) is 5.54 Å². The van der Waals surface area contributed by atoms with Crippen LogP contribution in [0, 0.1) is 17.4 Å². The van der Waals surface area contributed by atoms with Gasteiger partial charge in [0.2, 0.25) is 5.91 Å². The van der Waals surface area contributed by atoms with Gasteiger partial charge in [-0.3, -0.25) is 4.79 Å². The molecule has 1 fully saturated rings. The van der Waals surface area contributed by atoms with Gasteiger partial charge >= 0.3 is 0 Å². The lowest BCUT2D eigenvalue weighted by molar-refractivity contribution is -0.138. The molecular formula is C16H25NO2Si. The average Bonchev–Trinajstić information content (AvgIpc) is 2.45.